The molecule has 54 valence electrons. The molecule has 0 aliphatic heterocycles. The maximum absolute atomic E-state index is 11.2. The Kier molecular flexibility index (Phi) is 2.19. The Balaban J connectivity index is 4.86. The van der Waals surface area contributed by atoms with Gasteiger partial charge in [0.1, 0.15) is 0 Å². The summed E-state index contributed by atoms with van der Waals surface area (Å²) >= 11 is 0. The Morgan fingerprint density at radius 1 is 1.11 bits per heavy atom. The predicted molar refractivity (Wildman–Crippen MR) is 20.4 cm³/mol. The van der Waals surface area contributed by atoms with Crippen LogP contribution in [0.4, 0.5) is 17.1 Å². The van der Waals surface area contributed by atoms with Gasteiger partial charge in [-0.2, -0.15) is 21.6 Å². The van der Waals surface area contributed by atoms with Crippen LogP contribution in [0.25, 0.3) is 0 Å². The quantitative estimate of drug-likeness (QED) is 0.432. The summed E-state index contributed by atoms with van der Waals surface area (Å²) in [5.41, 5.74) is 0. The smallest absolute Gasteiger partial charge is 0.187 e. The van der Waals surface area contributed by atoms with E-state index in [1.165, 1.54) is 0 Å². The van der Waals surface area contributed by atoms with Gasteiger partial charge in [0.25, 0.3) is 0 Å². The third-order valence-electron chi connectivity index (χ3n) is 0.363. The van der Waals surface area contributed by atoms with Crippen LogP contribution in [0, 0.1) is 0 Å². The molecule has 0 aliphatic rings. The highest BCUT2D eigenvalue weighted by molar-refractivity contribution is 7.90. The summed E-state index contributed by atoms with van der Waals surface area (Å²) in [6.45, 7) is 0. The van der Waals surface area contributed by atoms with Gasteiger partial charge < -0.3 is 0 Å². The van der Waals surface area contributed by atoms with E-state index in [-0.39, 0.29) is 0 Å². The Morgan fingerprint density at radius 3 is 1.44 bits per heavy atom. The Hall–Kier alpha value is -0.590. The average molecular weight is 164 g/mol. The standard InChI is InChI=1S/C2F4O2S/c3-1(4)2(5)9(6,7)8. The third-order valence-corrected chi connectivity index (χ3v) is 0.945. The highest BCUT2D eigenvalue weighted by Gasteiger charge is 2.21. The summed E-state index contributed by atoms with van der Waals surface area (Å²) in [7, 11) is -5.84. The maximum atomic E-state index is 11.2. The molecule has 0 aromatic heterocycles. The fraction of sp³-hybridized carbons (Fsp3) is 0. The largest absolute Gasteiger partial charge is 0.365 e. The van der Waals surface area contributed by atoms with E-state index in [1.807, 2.05) is 0 Å². The molecule has 0 spiro atoms. The minimum Gasteiger partial charge on any atom is -0.187 e. The predicted octanol–water partition coefficient (Wildman–Crippen LogP) is 1.32. The molecule has 0 saturated heterocycles. The number of halogens is 4. The minimum absolute atomic E-state index is 3.03. The molecule has 0 aromatic carbocycles. The van der Waals surface area contributed by atoms with Crippen molar-refractivity contribution in [3.63, 3.8) is 0 Å². The SMILES string of the molecule is O=S(=O)(F)C(F)=C(F)F. The molecule has 0 radical (unpaired) electrons. The van der Waals surface area contributed by atoms with Gasteiger partial charge in [0.15, 0.2) is 0 Å². The van der Waals surface area contributed by atoms with Crippen molar-refractivity contribution in [3.8, 4) is 0 Å². The molecule has 0 aromatic rings. The molecule has 0 fully saturated rings. The van der Waals surface area contributed by atoms with Gasteiger partial charge in [-0.1, -0.05) is 3.89 Å². The van der Waals surface area contributed by atoms with Crippen LogP contribution in [0.15, 0.2) is 11.2 Å². The Morgan fingerprint density at radius 2 is 1.44 bits per heavy atom. The van der Waals surface area contributed by atoms with Gasteiger partial charge >= 0.3 is 21.5 Å². The van der Waals surface area contributed by atoms with E-state index < -0.39 is 21.5 Å². The second-order valence-electron chi connectivity index (χ2n) is 0.972. The second-order valence-corrected chi connectivity index (χ2v) is 2.21. The summed E-state index contributed by atoms with van der Waals surface area (Å²) in [6, 6.07) is 0. The monoisotopic (exact) mass is 164 g/mol. The molecule has 0 aliphatic carbocycles. The molecule has 0 bridgehead atoms. The van der Waals surface area contributed by atoms with E-state index in [1.54, 1.807) is 0 Å². The average Bonchev–Trinajstić information content (AvgIpc) is 1.62. The first kappa shape index (κ1) is 8.41. The number of hydrogen-bond donors (Lipinski definition) is 0. The minimum atomic E-state index is -5.84. The molecule has 0 saturated carbocycles. The fourth-order valence-corrected chi connectivity index (χ4v) is 0.276. The van der Waals surface area contributed by atoms with Crippen LogP contribution in [0.3, 0.4) is 0 Å². The molecule has 0 N–H and O–H groups in total. The van der Waals surface area contributed by atoms with Gasteiger partial charge in [-0.05, 0) is 0 Å². The highest BCUT2D eigenvalue weighted by atomic mass is 32.3. The van der Waals surface area contributed by atoms with Crippen LogP contribution < -0.4 is 0 Å². The maximum Gasteiger partial charge on any atom is 0.365 e. The molecular weight excluding hydrogens is 164 g/mol. The lowest BCUT2D eigenvalue weighted by Gasteiger charge is -1.83. The van der Waals surface area contributed by atoms with Gasteiger partial charge in [-0.15, -0.1) is 0 Å². The number of rotatable bonds is 1. The normalized spacial score (nSPS) is 11.1. The van der Waals surface area contributed by atoms with Crippen molar-refractivity contribution < 1.29 is 25.5 Å². The second kappa shape index (κ2) is 2.34. The first-order chi connectivity index (χ1) is 3.85. The van der Waals surface area contributed by atoms with Gasteiger partial charge in [0.2, 0.25) is 0 Å². The first-order valence-corrected chi connectivity index (χ1v) is 2.89. The Bertz CT molecular complexity index is 223. The summed E-state index contributed by atoms with van der Waals surface area (Å²) in [6.07, 6.45) is -3.18. The van der Waals surface area contributed by atoms with E-state index in [4.69, 9.17) is 0 Å². The van der Waals surface area contributed by atoms with Crippen LogP contribution in [0.1, 0.15) is 0 Å². The molecule has 9 heavy (non-hydrogen) atoms. The van der Waals surface area contributed by atoms with Crippen LogP contribution >= 0.6 is 0 Å². The van der Waals surface area contributed by atoms with Crippen LogP contribution in [-0.2, 0) is 10.2 Å². The summed E-state index contributed by atoms with van der Waals surface area (Å²) in [5, 5.41) is -3.03. The Labute approximate surface area is 48.0 Å². The van der Waals surface area contributed by atoms with Gasteiger partial charge in [-0.25, -0.2) is 0 Å². The highest BCUT2D eigenvalue weighted by Crippen LogP contribution is 2.16. The lowest BCUT2D eigenvalue weighted by atomic mass is 11.1. The van der Waals surface area contributed by atoms with Gasteiger partial charge in [0, 0.05) is 0 Å². The van der Waals surface area contributed by atoms with E-state index >= 15 is 0 Å². The molecule has 7 heteroatoms. The summed E-state index contributed by atoms with van der Waals surface area (Å²) in [5.74, 6) is 0. The van der Waals surface area contributed by atoms with E-state index in [9.17, 15) is 25.5 Å². The van der Waals surface area contributed by atoms with Gasteiger partial charge in [-0.3, -0.25) is 0 Å². The first-order valence-electron chi connectivity index (χ1n) is 1.51. The summed E-state index contributed by atoms with van der Waals surface area (Å²) in [4.78, 5) is 0. The van der Waals surface area contributed by atoms with Crippen molar-refractivity contribution in [1.82, 2.24) is 0 Å². The van der Waals surface area contributed by atoms with Crippen LogP contribution in [0.2, 0.25) is 0 Å². The van der Waals surface area contributed by atoms with Crippen molar-refractivity contribution in [3.05, 3.63) is 11.2 Å². The zero-order valence-electron chi connectivity index (χ0n) is 3.74. The molecule has 0 rings (SSSR count). The van der Waals surface area contributed by atoms with Crippen LogP contribution in [-0.4, -0.2) is 8.42 Å². The number of hydrogen-bond acceptors (Lipinski definition) is 2. The van der Waals surface area contributed by atoms with E-state index in [2.05, 4.69) is 0 Å². The topological polar surface area (TPSA) is 34.1 Å². The van der Waals surface area contributed by atoms with Crippen molar-refractivity contribution in [1.29, 1.82) is 0 Å². The molecule has 2 nitrogen and oxygen atoms in total. The molecule has 0 amide bonds. The van der Waals surface area contributed by atoms with E-state index in [0.717, 1.165) is 0 Å². The van der Waals surface area contributed by atoms with Crippen LogP contribution in [0.5, 0.6) is 0 Å². The fourth-order valence-electron chi connectivity index (χ4n) is 0.0922. The van der Waals surface area contributed by atoms with E-state index in [0.29, 0.717) is 0 Å². The van der Waals surface area contributed by atoms with Crippen molar-refractivity contribution in [2.24, 2.45) is 0 Å². The lowest BCUT2D eigenvalue weighted by Crippen LogP contribution is -1.90. The molecule has 0 atom stereocenters. The van der Waals surface area contributed by atoms with Crippen molar-refractivity contribution in [2.75, 3.05) is 0 Å². The third kappa shape index (κ3) is 2.45. The van der Waals surface area contributed by atoms with Crippen molar-refractivity contribution >= 4 is 10.2 Å². The zero-order valence-corrected chi connectivity index (χ0v) is 4.55. The molecule has 0 heterocycles. The summed E-state index contributed by atoms with van der Waals surface area (Å²) < 4.78 is 62.3. The van der Waals surface area contributed by atoms with Gasteiger partial charge in [0.05, 0.1) is 0 Å². The van der Waals surface area contributed by atoms with Crippen molar-refractivity contribution in [2.45, 2.75) is 0 Å². The zero-order chi connectivity index (χ0) is 7.65. The molecule has 0 unspecified atom stereocenters. The lowest BCUT2D eigenvalue weighted by molar-refractivity contribution is 0.388. The molecular formula is C2F4O2S.